The van der Waals surface area contributed by atoms with Gasteiger partial charge in [0.25, 0.3) is 11.6 Å². The summed E-state index contributed by atoms with van der Waals surface area (Å²) in [5.74, 6) is -0.552. The first-order chi connectivity index (χ1) is 14.2. The van der Waals surface area contributed by atoms with Crippen LogP contribution in [0.25, 0.3) is 11.1 Å². The van der Waals surface area contributed by atoms with Crippen LogP contribution in [0.1, 0.15) is 64.4 Å². The summed E-state index contributed by atoms with van der Waals surface area (Å²) in [4.78, 5) is 18.9. The molecule has 3 aromatic heterocycles. The van der Waals surface area contributed by atoms with Crippen LogP contribution in [0.2, 0.25) is 0 Å². The molecule has 1 atom stereocenters. The molecule has 1 amide bonds. The lowest BCUT2D eigenvalue weighted by atomic mass is 9.92. The number of nitrogens with one attached hydrogen (secondary N) is 1. The molecule has 30 heavy (non-hydrogen) atoms. The molecular formula is C20H22F3N5O2. The SMILES string of the molecule is CCc1[nH]nc(C(=O)N2CCC[C@H](c3cc(C(F)(F)F)c4c(C)noc4n3)C2)c1C. The highest BCUT2D eigenvalue weighted by atomic mass is 19.4. The lowest BCUT2D eigenvalue weighted by molar-refractivity contribution is -0.136. The number of aryl methyl sites for hydroxylation is 2. The molecule has 4 heterocycles. The van der Waals surface area contributed by atoms with Crippen LogP contribution in [0.3, 0.4) is 0 Å². The van der Waals surface area contributed by atoms with Gasteiger partial charge in [-0.1, -0.05) is 12.1 Å². The molecule has 7 nitrogen and oxygen atoms in total. The van der Waals surface area contributed by atoms with Crippen LogP contribution < -0.4 is 0 Å². The number of rotatable bonds is 3. The molecule has 0 spiro atoms. The third-order valence-electron chi connectivity index (χ3n) is 5.74. The van der Waals surface area contributed by atoms with Gasteiger partial charge in [0, 0.05) is 30.3 Å². The molecule has 160 valence electrons. The van der Waals surface area contributed by atoms with Crippen LogP contribution in [0.4, 0.5) is 13.2 Å². The van der Waals surface area contributed by atoms with E-state index in [1.54, 1.807) is 4.90 Å². The molecule has 0 aliphatic carbocycles. The van der Waals surface area contributed by atoms with Crippen LogP contribution >= 0.6 is 0 Å². The smallest absolute Gasteiger partial charge is 0.337 e. The van der Waals surface area contributed by atoms with E-state index in [9.17, 15) is 18.0 Å². The lowest BCUT2D eigenvalue weighted by Gasteiger charge is -2.32. The highest BCUT2D eigenvalue weighted by molar-refractivity contribution is 5.94. The molecule has 0 saturated carbocycles. The fourth-order valence-corrected chi connectivity index (χ4v) is 4.09. The molecule has 10 heteroatoms. The highest BCUT2D eigenvalue weighted by Gasteiger charge is 2.37. The minimum Gasteiger partial charge on any atom is -0.337 e. The van der Waals surface area contributed by atoms with Crippen molar-refractivity contribution in [3.05, 3.63) is 40.0 Å². The number of piperidine rings is 1. The lowest BCUT2D eigenvalue weighted by Crippen LogP contribution is -2.39. The Labute approximate surface area is 170 Å². The number of hydrogen-bond acceptors (Lipinski definition) is 5. The summed E-state index contributed by atoms with van der Waals surface area (Å²) in [6, 6.07) is 1.07. The summed E-state index contributed by atoms with van der Waals surface area (Å²) in [6.45, 7) is 6.07. The second-order valence-electron chi connectivity index (χ2n) is 7.66. The summed E-state index contributed by atoms with van der Waals surface area (Å²) in [7, 11) is 0. The zero-order chi connectivity index (χ0) is 21.6. The van der Waals surface area contributed by atoms with Crippen molar-refractivity contribution in [3.63, 3.8) is 0 Å². The van der Waals surface area contributed by atoms with Gasteiger partial charge in [-0.05, 0) is 39.2 Å². The quantitative estimate of drug-likeness (QED) is 0.686. The number of fused-ring (bicyclic) bond motifs is 1. The summed E-state index contributed by atoms with van der Waals surface area (Å²) < 4.78 is 46.0. The number of pyridine rings is 1. The van der Waals surface area contributed by atoms with Gasteiger partial charge in [0.1, 0.15) is 0 Å². The molecule has 0 bridgehead atoms. The first-order valence-electron chi connectivity index (χ1n) is 9.88. The van der Waals surface area contributed by atoms with E-state index in [2.05, 4.69) is 20.3 Å². The summed E-state index contributed by atoms with van der Waals surface area (Å²) in [5.41, 5.74) is 1.54. The number of amides is 1. The summed E-state index contributed by atoms with van der Waals surface area (Å²) in [6.07, 6.45) is -2.53. The Morgan fingerprint density at radius 3 is 2.80 bits per heavy atom. The van der Waals surface area contributed by atoms with Crippen molar-refractivity contribution in [1.82, 2.24) is 25.2 Å². The van der Waals surface area contributed by atoms with Gasteiger partial charge in [0.15, 0.2) is 5.69 Å². The Bertz CT molecular complexity index is 1100. The van der Waals surface area contributed by atoms with Crippen LogP contribution in [0.5, 0.6) is 0 Å². The van der Waals surface area contributed by atoms with E-state index in [0.29, 0.717) is 25.1 Å². The molecule has 1 N–H and O–H groups in total. The number of carbonyl (C=O) groups is 1. The van der Waals surface area contributed by atoms with E-state index in [0.717, 1.165) is 23.7 Å². The fourth-order valence-electron chi connectivity index (χ4n) is 4.09. The van der Waals surface area contributed by atoms with Crippen LogP contribution in [-0.2, 0) is 12.6 Å². The fraction of sp³-hybridized carbons (Fsp3) is 0.500. The molecule has 0 unspecified atom stereocenters. The normalized spacial score (nSPS) is 17.7. The Morgan fingerprint density at radius 2 is 2.13 bits per heavy atom. The van der Waals surface area contributed by atoms with Crippen LogP contribution in [-0.4, -0.2) is 44.2 Å². The Morgan fingerprint density at radius 1 is 1.37 bits per heavy atom. The molecule has 1 fully saturated rings. The molecule has 1 aliphatic rings. The predicted octanol–water partition coefficient (Wildman–Crippen LogP) is 4.16. The van der Waals surface area contributed by atoms with E-state index in [-0.39, 0.29) is 40.9 Å². The molecule has 0 aromatic carbocycles. The van der Waals surface area contributed by atoms with Gasteiger partial charge in [-0.3, -0.25) is 9.89 Å². The minimum absolute atomic E-state index is 0.116. The number of likely N-dealkylation sites (tertiary alicyclic amines) is 1. The number of H-pyrrole nitrogens is 1. The van der Waals surface area contributed by atoms with E-state index in [1.807, 2.05) is 13.8 Å². The Hall–Kier alpha value is -2.91. The second-order valence-corrected chi connectivity index (χ2v) is 7.66. The van der Waals surface area contributed by atoms with E-state index < -0.39 is 11.7 Å². The number of aromatic nitrogens is 4. The van der Waals surface area contributed by atoms with Gasteiger partial charge >= 0.3 is 6.18 Å². The van der Waals surface area contributed by atoms with Gasteiger partial charge in [-0.2, -0.15) is 18.3 Å². The standard InChI is InChI=1S/C20H22F3N5O2/c1-4-14-10(2)17(26-25-14)19(29)28-7-5-6-12(9-28)15-8-13(20(21,22)23)16-11(3)27-30-18(16)24-15/h8,12H,4-7,9H2,1-3H3,(H,25,26)/t12-/m0/s1. The maximum atomic E-state index is 13.7. The van der Waals surface area contributed by atoms with Crippen molar-refractivity contribution in [2.75, 3.05) is 13.1 Å². The number of hydrogen-bond donors (Lipinski definition) is 1. The molecule has 3 aromatic rings. The monoisotopic (exact) mass is 421 g/mol. The number of carbonyl (C=O) groups excluding carboxylic acids is 1. The van der Waals surface area contributed by atoms with Crippen molar-refractivity contribution in [3.8, 4) is 0 Å². The summed E-state index contributed by atoms with van der Waals surface area (Å²) in [5, 5.41) is 10.6. The third kappa shape index (κ3) is 3.44. The maximum absolute atomic E-state index is 13.7. The van der Waals surface area contributed by atoms with E-state index >= 15 is 0 Å². The van der Waals surface area contributed by atoms with Gasteiger partial charge in [-0.25, -0.2) is 4.98 Å². The first kappa shape index (κ1) is 20.4. The Balaban J connectivity index is 1.66. The average Bonchev–Trinajstić information content (AvgIpc) is 3.28. The average molecular weight is 421 g/mol. The molecule has 0 radical (unpaired) electrons. The second kappa shape index (κ2) is 7.41. The van der Waals surface area contributed by atoms with Gasteiger partial charge in [-0.15, -0.1) is 0 Å². The van der Waals surface area contributed by atoms with Crippen LogP contribution in [0.15, 0.2) is 10.6 Å². The predicted molar refractivity (Wildman–Crippen MR) is 102 cm³/mol. The van der Waals surface area contributed by atoms with Crippen LogP contribution in [0, 0.1) is 13.8 Å². The summed E-state index contributed by atoms with van der Waals surface area (Å²) >= 11 is 0. The van der Waals surface area contributed by atoms with Gasteiger partial charge in [0.05, 0.1) is 22.3 Å². The van der Waals surface area contributed by atoms with Crippen molar-refractivity contribution in [2.24, 2.45) is 0 Å². The Kier molecular flexibility index (Phi) is 5.03. The molecular weight excluding hydrogens is 399 g/mol. The maximum Gasteiger partial charge on any atom is 0.417 e. The zero-order valence-corrected chi connectivity index (χ0v) is 16.9. The topological polar surface area (TPSA) is 87.9 Å². The number of halogens is 3. The van der Waals surface area contributed by atoms with E-state index in [1.165, 1.54) is 6.92 Å². The van der Waals surface area contributed by atoms with Crippen molar-refractivity contribution < 1.29 is 22.5 Å². The minimum atomic E-state index is -4.56. The van der Waals surface area contributed by atoms with Gasteiger partial charge < -0.3 is 9.42 Å². The number of aromatic amines is 1. The van der Waals surface area contributed by atoms with Crippen molar-refractivity contribution >= 4 is 17.0 Å². The first-order valence-corrected chi connectivity index (χ1v) is 9.88. The molecule has 1 aliphatic heterocycles. The highest BCUT2D eigenvalue weighted by Crippen LogP contribution is 2.38. The third-order valence-corrected chi connectivity index (χ3v) is 5.74. The zero-order valence-electron chi connectivity index (χ0n) is 16.9. The van der Waals surface area contributed by atoms with Crippen molar-refractivity contribution in [2.45, 2.75) is 52.1 Å². The number of alkyl halides is 3. The molecule has 4 rings (SSSR count). The van der Waals surface area contributed by atoms with Gasteiger partial charge in [0.2, 0.25) is 0 Å². The van der Waals surface area contributed by atoms with Crippen molar-refractivity contribution in [1.29, 1.82) is 0 Å². The number of nitrogens with zero attached hydrogens (tertiary/aromatic N) is 4. The largest absolute Gasteiger partial charge is 0.417 e. The van der Waals surface area contributed by atoms with E-state index in [4.69, 9.17) is 4.52 Å². The molecule has 1 saturated heterocycles.